The lowest BCUT2D eigenvalue weighted by Crippen LogP contribution is -2.16. The minimum Gasteiger partial charge on any atom is -0.370 e. The van der Waals surface area contributed by atoms with E-state index in [0.29, 0.717) is 18.0 Å². The zero-order valence-electron chi connectivity index (χ0n) is 7.79. The van der Waals surface area contributed by atoms with Gasteiger partial charge in [-0.25, -0.2) is 0 Å². The Bertz CT molecular complexity index is 479. The summed E-state index contributed by atoms with van der Waals surface area (Å²) in [7, 11) is 0. The molecule has 0 saturated heterocycles. The van der Waals surface area contributed by atoms with Crippen LogP contribution in [0.2, 0.25) is 0 Å². The lowest BCUT2D eigenvalue weighted by molar-refractivity contribution is -0.117. The van der Waals surface area contributed by atoms with Gasteiger partial charge in [-0.3, -0.25) is 4.79 Å². The Labute approximate surface area is 84.4 Å². The number of hydrogen-bond acceptors (Lipinski definition) is 6. The molecule has 0 unspecified atom stereocenters. The van der Waals surface area contributed by atoms with Crippen LogP contribution >= 0.6 is 0 Å². The molecule has 78 valence electrons. The molecule has 0 atom stereocenters. The van der Waals surface area contributed by atoms with Gasteiger partial charge < -0.3 is 11.1 Å². The van der Waals surface area contributed by atoms with Gasteiger partial charge in [0.1, 0.15) is 5.82 Å². The van der Waals surface area contributed by atoms with Crippen LogP contribution in [0.3, 0.4) is 0 Å². The van der Waals surface area contributed by atoms with E-state index in [1.54, 1.807) is 12.1 Å². The first-order valence-electron chi connectivity index (χ1n) is 4.33. The molecular formula is C7H9N7O. The van der Waals surface area contributed by atoms with Crippen LogP contribution in [0, 0.1) is 0 Å². The van der Waals surface area contributed by atoms with Crippen molar-refractivity contribution >= 4 is 17.4 Å². The summed E-state index contributed by atoms with van der Waals surface area (Å²) in [6, 6.07) is 3.45. The molecule has 0 aliphatic heterocycles. The highest BCUT2D eigenvalue weighted by atomic mass is 16.1. The fourth-order valence-electron chi connectivity index (χ4n) is 1.06. The molecule has 0 radical (unpaired) electrons. The quantitative estimate of drug-likeness (QED) is 0.651. The average Bonchev–Trinajstić information content (AvgIpc) is 2.64. The summed E-state index contributed by atoms with van der Waals surface area (Å²) in [5, 5.41) is 17.8. The van der Waals surface area contributed by atoms with Gasteiger partial charge in [0.15, 0.2) is 5.65 Å². The summed E-state index contributed by atoms with van der Waals surface area (Å²) >= 11 is 0. The second kappa shape index (κ2) is 3.86. The van der Waals surface area contributed by atoms with Gasteiger partial charge in [-0.05, 0) is 22.6 Å². The van der Waals surface area contributed by atoms with E-state index in [0.717, 1.165) is 0 Å². The number of amides is 1. The maximum absolute atomic E-state index is 10.5. The SMILES string of the molecule is NC(=O)CCNc1ccc2nnnn2n1. The fourth-order valence-corrected chi connectivity index (χ4v) is 1.06. The highest BCUT2D eigenvalue weighted by Gasteiger charge is 2.00. The topological polar surface area (TPSA) is 111 Å². The van der Waals surface area contributed by atoms with Crippen LogP contribution in [0.1, 0.15) is 6.42 Å². The molecule has 8 heteroatoms. The Hall–Kier alpha value is -2.25. The third-order valence-electron chi connectivity index (χ3n) is 1.75. The first-order valence-corrected chi connectivity index (χ1v) is 4.33. The number of tetrazole rings is 1. The van der Waals surface area contributed by atoms with Crippen molar-refractivity contribution in [1.29, 1.82) is 0 Å². The van der Waals surface area contributed by atoms with Crippen LogP contribution in [-0.2, 0) is 4.79 Å². The first kappa shape index (κ1) is 9.31. The Morgan fingerprint density at radius 1 is 1.53 bits per heavy atom. The van der Waals surface area contributed by atoms with Gasteiger partial charge in [-0.2, -0.15) is 0 Å². The standard InChI is InChI=1S/C7H9N7O/c8-5(15)3-4-9-6-1-2-7-10-12-13-14(7)11-6/h1-2H,3-4H2,(H2,8,15)(H,9,11). The summed E-state index contributed by atoms with van der Waals surface area (Å²) in [6.07, 6.45) is 0.259. The second-order valence-electron chi connectivity index (χ2n) is 2.89. The van der Waals surface area contributed by atoms with E-state index in [1.165, 1.54) is 4.63 Å². The molecule has 2 rings (SSSR count). The van der Waals surface area contributed by atoms with Gasteiger partial charge in [0.2, 0.25) is 5.91 Å². The molecule has 0 aliphatic rings. The van der Waals surface area contributed by atoms with Crippen LogP contribution in [0.25, 0.3) is 5.65 Å². The van der Waals surface area contributed by atoms with Crippen molar-refractivity contribution in [3.63, 3.8) is 0 Å². The van der Waals surface area contributed by atoms with E-state index in [9.17, 15) is 4.79 Å². The number of carbonyl (C=O) groups excluding carboxylic acids is 1. The Morgan fingerprint density at radius 3 is 3.20 bits per heavy atom. The highest BCUT2D eigenvalue weighted by molar-refractivity contribution is 5.74. The van der Waals surface area contributed by atoms with E-state index in [1.807, 2.05) is 0 Å². The van der Waals surface area contributed by atoms with E-state index < -0.39 is 0 Å². The molecule has 0 fully saturated rings. The van der Waals surface area contributed by atoms with Gasteiger partial charge in [0.25, 0.3) is 0 Å². The first-order chi connectivity index (χ1) is 7.25. The number of nitrogens with zero attached hydrogens (tertiary/aromatic N) is 5. The van der Waals surface area contributed by atoms with Gasteiger partial charge in [0, 0.05) is 13.0 Å². The zero-order valence-corrected chi connectivity index (χ0v) is 7.79. The molecular weight excluding hydrogens is 198 g/mol. The van der Waals surface area contributed by atoms with Gasteiger partial charge in [0.05, 0.1) is 0 Å². The number of hydrogen-bond donors (Lipinski definition) is 2. The molecule has 0 aromatic carbocycles. The number of rotatable bonds is 4. The summed E-state index contributed by atoms with van der Waals surface area (Å²) in [5.41, 5.74) is 5.56. The molecule has 0 bridgehead atoms. The van der Waals surface area contributed by atoms with Crippen molar-refractivity contribution in [2.45, 2.75) is 6.42 Å². The van der Waals surface area contributed by atoms with Crippen molar-refractivity contribution in [3.05, 3.63) is 12.1 Å². The van der Waals surface area contributed by atoms with Crippen LogP contribution in [0.15, 0.2) is 12.1 Å². The van der Waals surface area contributed by atoms with Gasteiger partial charge >= 0.3 is 0 Å². The Morgan fingerprint density at radius 2 is 2.40 bits per heavy atom. The molecule has 8 nitrogen and oxygen atoms in total. The van der Waals surface area contributed by atoms with Crippen LogP contribution < -0.4 is 11.1 Å². The number of aromatic nitrogens is 5. The molecule has 2 heterocycles. The van der Waals surface area contributed by atoms with E-state index in [-0.39, 0.29) is 12.3 Å². The number of anilines is 1. The molecule has 0 aliphatic carbocycles. The Balaban J connectivity index is 2.04. The third-order valence-corrected chi connectivity index (χ3v) is 1.75. The number of nitrogens with two attached hydrogens (primary N) is 1. The van der Waals surface area contributed by atoms with Crippen LogP contribution in [0.5, 0.6) is 0 Å². The minimum absolute atomic E-state index is 0.259. The summed E-state index contributed by atoms with van der Waals surface area (Å²) < 4.78 is 1.30. The van der Waals surface area contributed by atoms with Crippen molar-refractivity contribution in [1.82, 2.24) is 25.3 Å². The molecule has 2 aromatic heterocycles. The predicted molar refractivity (Wildman–Crippen MR) is 50.9 cm³/mol. The van der Waals surface area contributed by atoms with Crippen LogP contribution in [-0.4, -0.2) is 37.7 Å². The predicted octanol–water partition coefficient (Wildman–Crippen LogP) is -1.19. The maximum Gasteiger partial charge on any atom is 0.219 e. The third kappa shape index (κ3) is 2.16. The van der Waals surface area contributed by atoms with E-state index in [2.05, 4.69) is 25.9 Å². The van der Waals surface area contributed by atoms with E-state index >= 15 is 0 Å². The van der Waals surface area contributed by atoms with Crippen molar-refractivity contribution in [2.24, 2.45) is 5.73 Å². The zero-order chi connectivity index (χ0) is 10.7. The molecule has 0 spiro atoms. The van der Waals surface area contributed by atoms with Gasteiger partial charge in [-0.15, -0.1) is 14.8 Å². The van der Waals surface area contributed by atoms with Crippen molar-refractivity contribution in [2.75, 3.05) is 11.9 Å². The smallest absolute Gasteiger partial charge is 0.219 e. The molecule has 3 N–H and O–H groups in total. The van der Waals surface area contributed by atoms with Crippen molar-refractivity contribution in [3.8, 4) is 0 Å². The molecule has 2 aromatic rings. The normalized spacial score (nSPS) is 10.4. The summed E-state index contributed by atoms with van der Waals surface area (Å²) in [4.78, 5) is 10.5. The molecule has 15 heavy (non-hydrogen) atoms. The number of carbonyl (C=O) groups is 1. The maximum atomic E-state index is 10.5. The lowest BCUT2D eigenvalue weighted by atomic mass is 10.4. The summed E-state index contributed by atoms with van der Waals surface area (Å²) in [5.74, 6) is 0.238. The molecule has 0 saturated carbocycles. The van der Waals surface area contributed by atoms with Crippen LogP contribution in [0.4, 0.5) is 5.82 Å². The van der Waals surface area contributed by atoms with Gasteiger partial charge in [-0.1, -0.05) is 0 Å². The van der Waals surface area contributed by atoms with E-state index in [4.69, 9.17) is 5.73 Å². The molecule has 1 amide bonds. The number of nitrogens with one attached hydrogen (secondary N) is 1. The summed E-state index contributed by atoms with van der Waals surface area (Å²) in [6.45, 7) is 0.440. The largest absolute Gasteiger partial charge is 0.370 e. The Kier molecular flexibility index (Phi) is 2.40. The number of fused-ring (bicyclic) bond motifs is 1. The average molecular weight is 207 g/mol. The number of primary amides is 1. The highest BCUT2D eigenvalue weighted by Crippen LogP contribution is 2.02. The minimum atomic E-state index is -0.356. The second-order valence-corrected chi connectivity index (χ2v) is 2.89. The fraction of sp³-hybridized carbons (Fsp3) is 0.286. The lowest BCUT2D eigenvalue weighted by Gasteiger charge is -2.02. The van der Waals surface area contributed by atoms with Crippen molar-refractivity contribution < 1.29 is 4.79 Å². The monoisotopic (exact) mass is 207 g/mol.